The molecule has 0 spiro atoms. The van der Waals surface area contributed by atoms with Gasteiger partial charge in [-0.1, -0.05) is 26.8 Å². The second-order valence-electron chi connectivity index (χ2n) is 6.01. The fourth-order valence-corrected chi connectivity index (χ4v) is 2.00. The molecule has 0 aliphatic rings. The van der Waals surface area contributed by atoms with E-state index in [4.69, 9.17) is 5.73 Å². The number of carbonyl (C=O) groups excluding carboxylic acids is 2. The highest BCUT2D eigenvalue weighted by Gasteiger charge is 2.31. The SMILES string of the molecule is CC(C)(C)[C@H](NC(=O)c1cccc(-n2cccn2)n1)C(N)=O. The maximum absolute atomic E-state index is 12.3. The van der Waals surface area contributed by atoms with Crippen molar-refractivity contribution in [3.8, 4) is 5.82 Å². The molecular weight excluding hydrogens is 282 g/mol. The molecule has 0 saturated heterocycles. The fraction of sp³-hybridized carbons (Fsp3) is 0.333. The van der Waals surface area contributed by atoms with E-state index in [0.717, 1.165) is 0 Å². The van der Waals surface area contributed by atoms with Gasteiger partial charge in [0.05, 0.1) is 0 Å². The lowest BCUT2D eigenvalue weighted by Crippen LogP contribution is -2.52. The van der Waals surface area contributed by atoms with E-state index in [0.29, 0.717) is 5.82 Å². The summed E-state index contributed by atoms with van der Waals surface area (Å²) in [5.74, 6) is -0.513. The van der Waals surface area contributed by atoms with Gasteiger partial charge in [0.2, 0.25) is 5.91 Å². The molecule has 1 atom stereocenters. The Morgan fingerprint density at radius 2 is 2.00 bits per heavy atom. The van der Waals surface area contributed by atoms with Crippen LogP contribution < -0.4 is 11.1 Å². The highest BCUT2D eigenvalue weighted by molar-refractivity contribution is 5.96. The van der Waals surface area contributed by atoms with Crippen LogP contribution in [0.25, 0.3) is 5.82 Å². The Balaban J connectivity index is 2.23. The first-order valence-corrected chi connectivity index (χ1v) is 6.86. The zero-order chi connectivity index (χ0) is 16.3. The topological polar surface area (TPSA) is 103 Å². The van der Waals surface area contributed by atoms with Gasteiger partial charge in [-0.05, 0) is 23.6 Å². The highest BCUT2D eigenvalue weighted by Crippen LogP contribution is 2.19. The van der Waals surface area contributed by atoms with Crippen molar-refractivity contribution < 1.29 is 9.59 Å². The maximum Gasteiger partial charge on any atom is 0.270 e. The third kappa shape index (κ3) is 3.49. The summed E-state index contributed by atoms with van der Waals surface area (Å²) >= 11 is 0. The number of nitrogens with zero attached hydrogens (tertiary/aromatic N) is 3. The van der Waals surface area contributed by atoms with Gasteiger partial charge < -0.3 is 11.1 Å². The van der Waals surface area contributed by atoms with Crippen molar-refractivity contribution in [2.24, 2.45) is 11.1 Å². The number of nitrogens with two attached hydrogens (primary N) is 1. The molecule has 22 heavy (non-hydrogen) atoms. The van der Waals surface area contributed by atoms with Gasteiger partial charge >= 0.3 is 0 Å². The molecule has 3 N–H and O–H groups in total. The molecule has 2 aromatic rings. The van der Waals surface area contributed by atoms with Crippen LogP contribution in [0.5, 0.6) is 0 Å². The Labute approximate surface area is 128 Å². The van der Waals surface area contributed by atoms with Crippen molar-refractivity contribution in [1.29, 1.82) is 0 Å². The molecule has 7 heteroatoms. The number of pyridine rings is 1. The number of aromatic nitrogens is 3. The summed E-state index contributed by atoms with van der Waals surface area (Å²) in [6.45, 7) is 5.49. The fourth-order valence-electron chi connectivity index (χ4n) is 2.00. The molecular formula is C15H19N5O2. The lowest BCUT2D eigenvalue weighted by Gasteiger charge is -2.28. The van der Waals surface area contributed by atoms with Crippen molar-refractivity contribution in [2.45, 2.75) is 26.8 Å². The highest BCUT2D eigenvalue weighted by atomic mass is 16.2. The number of amides is 2. The van der Waals surface area contributed by atoms with Crippen LogP contribution in [0.3, 0.4) is 0 Å². The number of hydrogen-bond donors (Lipinski definition) is 2. The van der Waals surface area contributed by atoms with E-state index in [1.54, 1.807) is 41.3 Å². The minimum atomic E-state index is -0.782. The smallest absolute Gasteiger partial charge is 0.270 e. The second kappa shape index (κ2) is 5.97. The zero-order valence-electron chi connectivity index (χ0n) is 12.8. The molecule has 0 aliphatic carbocycles. The van der Waals surface area contributed by atoms with Crippen LogP contribution in [0.2, 0.25) is 0 Å². The minimum absolute atomic E-state index is 0.198. The third-order valence-corrected chi connectivity index (χ3v) is 3.13. The predicted molar refractivity (Wildman–Crippen MR) is 81.3 cm³/mol. The quantitative estimate of drug-likeness (QED) is 0.875. The third-order valence-electron chi connectivity index (χ3n) is 3.13. The summed E-state index contributed by atoms with van der Waals surface area (Å²) in [4.78, 5) is 28.1. The van der Waals surface area contributed by atoms with E-state index in [9.17, 15) is 9.59 Å². The maximum atomic E-state index is 12.3. The molecule has 0 bridgehead atoms. The first-order chi connectivity index (χ1) is 10.3. The van der Waals surface area contributed by atoms with Gasteiger partial charge in [0.25, 0.3) is 5.91 Å². The van der Waals surface area contributed by atoms with Gasteiger partial charge in [0.15, 0.2) is 5.82 Å². The predicted octanol–water partition coefficient (Wildman–Crippen LogP) is 0.897. The van der Waals surface area contributed by atoms with E-state index in [2.05, 4.69) is 15.4 Å². The van der Waals surface area contributed by atoms with Crippen molar-refractivity contribution in [3.63, 3.8) is 0 Å². The Kier molecular flexibility index (Phi) is 4.25. The number of rotatable bonds is 4. The van der Waals surface area contributed by atoms with Gasteiger partial charge in [-0.2, -0.15) is 5.10 Å². The minimum Gasteiger partial charge on any atom is -0.368 e. The molecule has 7 nitrogen and oxygen atoms in total. The van der Waals surface area contributed by atoms with E-state index in [1.165, 1.54) is 0 Å². The lowest BCUT2D eigenvalue weighted by molar-refractivity contribution is -0.122. The Morgan fingerprint density at radius 1 is 1.27 bits per heavy atom. The zero-order valence-corrected chi connectivity index (χ0v) is 12.8. The molecule has 0 fully saturated rings. The van der Waals surface area contributed by atoms with Gasteiger partial charge in [-0.3, -0.25) is 9.59 Å². The van der Waals surface area contributed by atoms with E-state index in [-0.39, 0.29) is 5.69 Å². The number of hydrogen-bond acceptors (Lipinski definition) is 4. The molecule has 2 amide bonds. The lowest BCUT2D eigenvalue weighted by atomic mass is 9.86. The van der Waals surface area contributed by atoms with Gasteiger partial charge in [0.1, 0.15) is 11.7 Å². The molecule has 0 radical (unpaired) electrons. The van der Waals surface area contributed by atoms with Crippen LogP contribution >= 0.6 is 0 Å². The molecule has 0 saturated carbocycles. The Morgan fingerprint density at radius 3 is 2.55 bits per heavy atom. The molecule has 0 unspecified atom stereocenters. The summed E-state index contributed by atoms with van der Waals surface area (Å²) in [6.07, 6.45) is 3.35. The molecule has 2 rings (SSSR count). The summed E-state index contributed by atoms with van der Waals surface area (Å²) in [5.41, 5.74) is 5.08. The first kappa shape index (κ1) is 15.7. The molecule has 2 heterocycles. The number of primary amides is 1. The first-order valence-electron chi connectivity index (χ1n) is 6.86. The van der Waals surface area contributed by atoms with Crippen molar-refractivity contribution in [2.75, 3.05) is 0 Å². The molecule has 116 valence electrons. The Hall–Kier alpha value is -2.70. The molecule has 0 aliphatic heterocycles. The van der Waals surface area contributed by atoms with Crippen molar-refractivity contribution >= 4 is 11.8 Å². The second-order valence-corrected chi connectivity index (χ2v) is 6.01. The Bertz CT molecular complexity index is 673. The van der Waals surface area contributed by atoms with E-state index in [1.807, 2.05) is 20.8 Å². The van der Waals surface area contributed by atoms with Crippen LogP contribution in [0.15, 0.2) is 36.7 Å². The van der Waals surface area contributed by atoms with Crippen LogP contribution in [0.1, 0.15) is 31.3 Å². The molecule has 0 aromatic carbocycles. The largest absolute Gasteiger partial charge is 0.368 e. The summed E-state index contributed by atoms with van der Waals surface area (Å²) in [5, 5.41) is 6.70. The van der Waals surface area contributed by atoms with Gasteiger partial charge in [-0.25, -0.2) is 9.67 Å². The standard InChI is InChI=1S/C15H19N5O2/c1-15(2,3)12(13(16)21)19-14(22)10-6-4-7-11(18-10)20-9-5-8-17-20/h4-9,12H,1-3H3,(H2,16,21)(H,19,22)/t12-/m1/s1. The van der Waals surface area contributed by atoms with Crippen LogP contribution in [-0.2, 0) is 4.79 Å². The van der Waals surface area contributed by atoms with Gasteiger partial charge in [-0.15, -0.1) is 0 Å². The van der Waals surface area contributed by atoms with Crippen LogP contribution in [0.4, 0.5) is 0 Å². The number of carbonyl (C=O) groups is 2. The molecule has 2 aromatic heterocycles. The summed E-state index contributed by atoms with van der Waals surface area (Å²) in [6, 6.07) is 5.99. The summed E-state index contributed by atoms with van der Waals surface area (Å²) in [7, 11) is 0. The van der Waals surface area contributed by atoms with E-state index < -0.39 is 23.3 Å². The van der Waals surface area contributed by atoms with E-state index >= 15 is 0 Å². The monoisotopic (exact) mass is 301 g/mol. The van der Waals surface area contributed by atoms with Crippen molar-refractivity contribution in [1.82, 2.24) is 20.1 Å². The van der Waals surface area contributed by atoms with Crippen molar-refractivity contribution in [3.05, 3.63) is 42.4 Å². The normalized spacial score (nSPS) is 12.7. The number of nitrogens with one attached hydrogen (secondary N) is 1. The van der Waals surface area contributed by atoms with Crippen LogP contribution in [0, 0.1) is 5.41 Å². The average Bonchev–Trinajstić information content (AvgIpc) is 2.97. The van der Waals surface area contributed by atoms with Gasteiger partial charge in [0, 0.05) is 12.4 Å². The van der Waals surface area contributed by atoms with Crippen LogP contribution in [-0.4, -0.2) is 32.6 Å². The summed E-state index contributed by atoms with van der Waals surface area (Å²) < 4.78 is 1.55. The average molecular weight is 301 g/mol.